The van der Waals surface area contributed by atoms with Gasteiger partial charge in [-0.25, -0.2) is 14.0 Å². The lowest BCUT2D eigenvalue weighted by atomic mass is 9.55. The van der Waals surface area contributed by atoms with Crippen LogP contribution in [0.1, 0.15) is 93.9 Å². The summed E-state index contributed by atoms with van der Waals surface area (Å²) >= 11 is 0. The zero-order valence-electron chi connectivity index (χ0n) is 40.6. The average molecular weight is 962 g/mol. The molecule has 14 heteroatoms. The quantitative estimate of drug-likeness (QED) is 0.0371. The molecule has 374 valence electrons. The van der Waals surface area contributed by atoms with Crippen LogP contribution in [0.15, 0.2) is 133 Å². The van der Waals surface area contributed by atoms with Gasteiger partial charge in [0.05, 0.1) is 31.5 Å². The predicted octanol–water partition coefficient (Wildman–Crippen LogP) is 10.4. The van der Waals surface area contributed by atoms with Crippen molar-refractivity contribution >= 4 is 17.9 Å². The topological polar surface area (TPSA) is 158 Å². The van der Waals surface area contributed by atoms with Crippen molar-refractivity contribution in [1.29, 1.82) is 0 Å². The van der Waals surface area contributed by atoms with Gasteiger partial charge in [0.1, 0.15) is 35.6 Å². The highest BCUT2D eigenvalue weighted by Gasteiger charge is 2.66. The fourth-order valence-electron chi connectivity index (χ4n) is 9.94. The number of oxime groups is 1. The summed E-state index contributed by atoms with van der Waals surface area (Å²) in [5.74, 6) is -2.39. The lowest BCUT2D eigenvalue weighted by Crippen LogP contribution is -2.70. The average Bonchev–Trinajstić information content (AvgIpc) is 3.35. The second kappa shape index (κ2) is 24.7. The number of benzene rings is 4. The molecule has 0 aromatic heterocycles. The molecule has 13 nitrogen and oxygen atoms in total. The molecule has 1 saturated carbocycles. The molecule has 0 spiro atoms. The Labute approximate surface area is 411 Å². The molecular formula is C56H68FN3O10. The van der Waals surface area contributed by atoms with Gasteiger partial charge < -0.3 is 44.1 Å². The smallest absolute Gasteiger partial charge is 0.412 e. The second-order valence-corrected chi connectivity index (χ2v) is 19.1. The molecule has 1 aliphatic heterocycles. The first-order chi connectivity index (χ1) is 33.9. The second-order valence-electron chi connectivity index (χ2n) is 19.1. The van der Waals surface area contributed by atoms with Gasteiger partial charge in [0.2, 0.25) is 5.79 Å². The number of nitrogens with one attached hydrogen (secondary N) is 1. The van der Waals surface area contributed by atoms with E-state index in [2.05, 4.69) is 18.0 Å². The van der Waals surface area contributed by atoms with Gasteiger partial charge in [-0.05, 0) is 111 Å². The van der Waals surface area contributed by atoms with E-state index in [1.165, 1.54) is 12.1 Å². The maximum absolute atomic E-state index is 14.9. The first-order valence-corrected chi connectivity index (χ1v) is 24.5. The summed E-state index contributed by atoms with van der Waals surface area (Å²) in [6, 6.07) is 29.6. The van der Waals surface area contributed by atoms with Gasteiger partial charge in [0.15, 0.2) is 0 Å². The van der Waals surface area contributed by atoms with Crippen LogP contribution in [0, 0.1) is 23.6 Å². The van der Waals surface area contributed by atoms with Crippen molar-refractivity contribution < 1.29 is 52.7 Å². The minimum absolute atomic E-state index is 0.0114. The van der Waals surface area contributed by atoms with E-state index in [1.54, 1.807) is 35.2 Å². The molecule has 6 atom stereocenters. The maximum atomic E-state index is 14.9. The number of aliphatic hydroxyl groups excluding tert-OH is 2. The van der Waals surface area contributed by atoms with Crippen molar-refractivity contribution in [2.75, 3.05) is 33.0 Å². The number of amides is 2. The zero-order valence-corrected chi connectivity index (χ0v) is 40.6. The van der Waals surface area contributed by atoms with Crippen molar-refractivity contribution in [1.82, 2.24) is 10.2 Å². The third-order valence-corrected chi connectivity index (χ3v) is 13.0. The van der Waals surface area contributed by atoms with Crippen molar-refractivity contribution in [3.63, 3.8) is 0 Å². The summed E-state index contributed by atoms with van der Waals surface area (Å²) in [5.41, 5.74) is 4.06. The number of rotatable bonds is 23. The fraction of sp³-hybridized carbons (Fsp3) is 0.446. The highest BCUT2D eigenvalue weighted by atomic mass is 19.1. The highest BCUT2D eigenvalue weighted by Crippen LogP contribution is 2.62. The SMILES string of the molecule is C=CCO[C@@]12Oc3ccc(OC(=O)NCc4ccccc4)cc3[C@H]3[C@H](CCCCO)[C@@H](CCCCO)C=C(C(=NOC(C)(C)C)C[C@@H]1N(Cc1ccc(F)cc1)C(=O)OCCOCc1ccccc1)[C@H]32. The molecule has 1 heterocycles. The summed E-state index contributed by atoms with van der Waals surface area (Å²) in [7, 11) is 0. The Balaban J connectivity index is 1.36. The van der Waals surface area contributed by atoms with E-state index in [-0.39, 0.29) is 70.3 Å². The fourth-order valence-corrected chi connectivity index (χ4v) is 9.94. The highest BCUT2D eigenvalue weighted by molar-refractivity contribution is 6.03. The van der Waals surface area contributed by atoms with Crippen LogP contribution in [0.2, 0.25) is 0 Å². The number of halogens is 1. The van der Waals surface area contributed by atoms with Crippen LogP contribution in [0.4, 0.5) is 14.0 Å². The lowest BCUT2D eigenvalue weighted by Gasteiger charge is -2.60. The van der Waals surface area contributed by atoms with Crippen molar-refractivity contribution in [3.8, 4) is 11.5 Å². The van der Waals surface area contributed by atoms with Crippen LogP contribution in [0.5, 0.6) is 11.5 Å². The minimum Gasteiger partial charge on any atom is -0.459 e. The van der Waals surface area contributed by atoms with Gasteiger partial charge in [-0.15, -0.1) is 6.58 Å². The number of nitrogens with zero attached hydrogens (tertiary/aromatic N) is 2. The molecule has 0 radical (unpaired) electrons. The Morgan fingerprint density at radius 1 is 0.900 bits per heavy atom. The number of carbonyl (C=O) groups is 2. The zero-order chi connectivity index (χ0) is 49.5. The monoisotopic (exact) mass is 961 g/mol. The van der Waals surface area contributed by atoms with E-state index in [0.717, 1.165) is 35.1 Å². The Bertz CT molecular complexity index is 2390. The van der Waals surface area contributed by atoms with Crippen LogP contribution >= 0.6 is 0 Å². The van der Waals surface area contributed by atoms with Crippen LogP contribution in [0.3, 0.4) is 0 Å². The number of hydrogen-bond donors (Lipinski definition) is 3. The molecule has 3 aliphatic rings. The van der Waals surface area contributed by atoms with E-state index < -0.39 is 41.4 Å². The van der Waals surface area contributed by atoms with Crippen LogP contribution in [0.25, 0.3) is 0 Å². The van der Waals surface area contributed by atoms with Crippen molar-refractivity contribution in [2.45, 2.75) is 109 Å². The molecule has 0 saturated heterocycles. The predicted molar refractivity (Wildman–Crippen MR) is 264 cm³/mol. The maximum Gasteiger partial charge on any atom is 0.412 e. The number of ether oxygens (including phenoxy) is 5. The summed E-state index contributed by atoms with van der Waals surface area (Å²) in [5, 5.41) is 27.8. The molecule has 4 aromatic carbocycles. The molecule has 0 unspecified atom stereocenters. The molecule has 70 heavy (non-hydrogen) atoms. The largest absolute Gasteiger partial charge is 0.459 e. The number of allylic oxidation sites excluding steroid dienone is 1. The van der Waals surface area contributed by atoms with Gasteiger partial charge in [-0.2, -0.15) is 0 Å². The van der Waals surface area contributed by atoms with E-state index in [0.29, 0.717) is 55.1 Å². The molecule has 3 N–H and O–H groups in total. The molecular weight excluding hydrogens is 894 g/mol. The standard InChI is InChI=1S/C56H68FN3O10/c1-5-30-67-56-50(60(37-40-22-24-43(57)25-23-40)54(64)66-32-31-65-38-41-18-10-7-11-19-41)35-48(59-70-55(2,3)4)46-33-42(20-12-14-28-61)45(21-13-15-29-62)51(52(46)56)47-34-44(26-27-49(47)69-56)68-53(63)58-36-39-16-8-6-9-17-39/h5-11,16-19,22-27,33-34,42,45,50-52,61-62H,1,12-15,20-21,28-32,35-38H2,2-4H3,(H,58,63)/t42-,45+,50-,51+,52+,56+/m0/s1. The van der Waals surface area contributed by atoms with Gasteiger partial charge in [-0.3, -0.25) is 4.90 Å². The molecule has 0 bridgehead atoms. The Hall–Kier alpha value is -6.06. The van der Waals surface area contributed by atoms with Crippen LogP contribution in [-0.2, 0) is 38.7 Å². The van der Waals surface area contributed by atoms with Gasteiger partial charge >= 0.3 is 12.2 Å². The Morgan fingerprint density at radius 2 is 1.60 bits per heavy atom. The van der Waals surface area contributed by atoms with Crippen molar-refractivity contribution in [2.24, 2.45) is 22.9 Å². The normalized spacial score (nSPS) is 21.9. The van der Waals surface area contributed by atoms with E-state index >= 15 is 0 Å². The van der Waals surface area contributed by atoms with E-state index in [9.17, 15) is 24.2 Å². The summed E-state index contributed by atoms with van der Waals surface area (Å²) in [4.78, 5) is 36.2. The number of carbonyl (C=O) groups excluding carboxylic acids is 2. The number of unbranched alkanes of at least 4 members (excludes halogenated alkanes) is 2. The van der Waals surface area contributed by atoms with E-state index in [4.69, 9.17) is 33.7 Å². The molecule has 1 fully saturated rings. The summed E-state index contributed by atoms with van der Waals surface area (Å²) in [6.07, 6.45) is 6.84. The van der Waals surface area contributed by atoms with Gasteiger partial charge in [0.25, 0.3) is 0 Å². The van der Waals surface area contributed by atoms with E-state index in [1.807, 2.05) is 87.5 Å². The molecule has 7 rings (SSSR count). The third-order valence-electron chi connectivity index (χ3n) is 13.0. The van der Waals surface area contributed by atoms with Crippen molar-refractivity contribution in [3.05, 3.63) is 156 Å². The lowest BCUT2D eigenvalue weighted by molar-refractivity contribution is -0.256. The minimum atomic E-state index is -1.61. The summed E-state index contributed by atoms with van der Waals surface area (Å²) in [6.45, 7) is 10.6. The number of hydrogen-bond acceptors (Lipinski definition) is 11. The molecule has 2 amide bonds. The molecule has 4 aromatic rings. The van der Waals surface area contributed by atoms with Gasteiger partial charge in [0, 0.05) is 44.2 Å². The molecule has 2 aliphatic carbocycles. The van der Waals surface area contributed by atoms with Gasteiger partial charge in [-0.1, -0.05) is 103 Å². The number of fused-ring (bicyclic) bond motifs is 2. The summed E-state index contributed by atoms with van der Waals surface area (Å²) < 4.78 is 46.9. The number of aliphatic hydroxyl groups is 2. The van der Waals surface area contributed by atoms with Crippen LogP contribution < -0.4 is 14.8 Å². The van der Waals surface area contributed by atoms with Crippen LogP contribution in [-0.4, -0.2) is 83.5 Å². The third kappa shape index (κ3) is 13.2. The first kappa shape index (κ1) is 51.8. The Morgan fingerprint density at radius 3 is 2.29 bits per heavy atom. The Kier molecular flexibility index (Phi) is 18.2. The first-order valence-electron chi connectivity index (χ1n) is 24.5.